The van der Waals surface area contributed by atoms with Crippen LogP contribution in [0.2, 0.25) is 0 Å². The fourth-order valence-electron chi connectivity index (χ4n) is 3.73. The first kappa shape index (κ1) is 22.7. The summed E-state index contributed by atoms with van der Waals surface area (Å²) < 4.78 is 20.2. The molecule has 0 spiro atoms. The fraction of sp³-hybridized carbons (Fsp3) is 0.261. The van der Waals surface area contributed by atoms with E-state index in [4.69, 9.17) is 4.74 Å². The Bertz CT molecular complexity index is 1310. The molecule has 2 aromatic heterocycles. The van der Waals surface area contributed by atoms with Gasteiger partial charge in [0.2, 0.25) is 5.95 Å². The van der Waals surface area contributed by atoms with Gasteiger partial charge in [0.25, 0.3) is 5.91 Å². The third-order valence-corrected chi connectivity index (χ3v) is 5.52. The number of hydrogen-bond acceptors (Lipinski definition) is 8. The Morgan fingerprint density at radius 2 is 2.21 bits per heavy atom. The molecule has 4 rings (SSSR count). The fourth-order valence-corrected chi connectivity index (χ4v) is 3.73. The van der Waals surface area contributed by atoms with Crippen molar-refractivity contribution in [3.63, 3.8) is 0 Å². The summed E-state index contributed by atoms with van der Waals surface area (Å²) in [7, 11) is 3.21. The first-order valence-electron chi connectivity index (χ1n) is 10.4. The molecule has 2 N–H and O–H groups in total. The average Bonchev–Trinajstić information content (AvgIpc) is 3.26. The zero-order chi connectivity index (χ0) is 24.4. The van der Waals surface area contributed by atoms with Gasteiger partial charge in [-0.2, -0.15) is 15.3 Å². The van der Waals surface area contributed by atoms with E-state index in [1.54, 1.807) is 35.8 Å². The van der Waals surface area contributed by atoms with Gasteiger partial charge in [-0.15, -0.1) is 0 Å². The number of hydrogen-bond donors (Lipinski definition) is 2. The summed E-state index contributed by atoms with van der Waals surface area (Å²) in [6, 6.07) is 5.42. The van der Waals surface area contributed by atoms with Crippen molar-refractivity contribution in [1.82, 2.24) is 19.7 Å². The molecule has 3 aromatic rings. The molecule has 10 nitrogen and oxygen atoms in total. The maximum absolute atomic E-state index is 13.4. The lowest BCUT2D eigenvalue weighted by atomic mass is 10.1. The van der Waals surface area contributed by atoms with E-state index in [0.717, 1.165) is 5.56 Å². The Kier molecular flexibility index (Phi) is 6.14. The summed E-state index contributed by atoms with van der Waals surface area (Å²) in [6.07, 6.45) is 3.52. The number of ether oxygens (including phenoxy) is 1. The lowest BCUT2D eigenvalue weighted by Gasteiger charge is -2.34. The van der Waals surface area contributed by atoms with E-state index in [9.17, 15) is 14.4 Å². The van der Waals surface area contributed by atoms with Gasteiger partial charge < -0.3 is 20.3 Å². The minimum atomic E-state index is -0.706. The van der Waals surface area contributed by atoms with Crippen LogP contribution in [0.1, 0.15) is 22.4 Å². The van der Waals surface area contributed by atoms with Gasteiger partial charge in [0, 0.05) is 25.4 Å². The van der Waals surface area contributed by atoms with Crippen LogP contribution in [0.25, 0.3) is 0 Å². The van der Waals surface area contributed by atoms with Crippen molar-refractivity contribution in [3.05, 3.63) is 71.1 Å². The smallest absolute Gasteiger partial charge is 0.255 e. The van der Waals surface area contributed by atoms with Crippen molar-refractivity contribution in [2.75, 3.05) is 29.7 Å². The number of fused-ring (bicyclic) bond motifs is 1. The van der Waals surface area contributed by atoms with Gasteiger partial charge in [0.15, 0.2) is 11.9 Å². The Labute approximate surface area is 195 Å². The number of aryl methyl sites for hydroxylation is 1. The van der Waals surface area contributed by atoms with Crippen molar-refractivity contribution < 1.29 is 13.9 Å². The lowest BCUT2D eigenvalue weighted by molar-refractivity contribution is -0.117. The predicted octanol–water partition coefficient (Wildman–Crippen LogP) is 2.57. The third kappa shape index (κ3) is 4.38. The molecule has 11 heteroatoms. The number of carbonyl (C=O) groups excluding carboxylic acids is 1. The zero-order valence-electron chi connectivity index (χ0n) is 19.0. The number of carbonyl (C=O) groups is 1. The number of methoxy groups -OCH3 is 1. The lowest BCUT2D eigenvalue weighted by Crippen LogP contribution is -2.48. The number of nitrogens with one attached hydrogen (secondary N) is 2. The molecular weight excluding hydrogens is 439 g/mol. The van der Waals surface area contributed by atoms with E-state index in [0.29, 0.717) is 47.6 Å². The molecule has 174 valence electrons. The van der Waals surface area contributed by atoms with Gasteiger partial charge >= 0.3 is 0 Å². The van der Waals surface area contributed by atoms with Gasteiger partial charge in [-0.1, -0.05) is 12.6 Å². The molecule has 0 saturated carbocycles. The maximum atomic E-state index is 13.4. The Morgan fingerprint density at radius 3 is 2.94 bits per heavy atom. The van der Waals surface area contributed by atoms with Crippen LogP contribution in [0, 0.1) is 24.1 Å². The number of nitriles is 1. The summed E-state index contributed by atoms with van der Waals surface area (Å²) in [4.78, 5) is 23.2. The third-order valence-electron chi connectivity index (χ3n) is 5.52. The van der Waals surface area contributed by atoms with Crippen molar-refractivity contribution in [2.45, 2.75) is 26.1 Å². The van der Waals surface area contributed by atoms with Gasteiger partial charge in [-0.05, 0) is 24.6 Å². The van der Waals surface area contributed by atoms with Crippen molar-refractivity contribution in [2.24, 2.45) is 0 Å². The molecule has 1 aromatic carbocycles. The highest BCUT2D eigenvalue weighted by Crippen LogP contribution is 2.34. The number of rotatable bonds is 7. The standard InChI is InChI=1S/C23H23FN8O2/c1-13-19-21(31(3)20(14(2)34-4)22(33)29-19)30-23(28-13)26-9-15-10-27-32(11-15)12-16-5-6-18(24)7-17(16)8-25/h5-7,10-11,20H,2,9,12H2,1,3-4H3,(H,29,33)(H,26,28,30)/t20-/m0/s1. The molecule has 0 unspecified atom stereocenters. The molecule has 0 radical (unpaired) electrons. The second kappa shape index (κ2) is 9.19. The molecule has 3 heterocycles. The van der Waals surface area contributed by atoms with Crippen LogP contribution in [0.3, 0.4) is 0 Å². The van der Waals surface area contributed by atoms with Crippen LogP contribution in [-0.2, 0) is 22.6 Å². The van der Waals surface area contributed by atoms with E-state index in [1.807, 2.05) is 12.3 Å². The molecule has 0 aliphatic carbocycles. The van der Waals surface area contributed by atoms with E-state index >= 15 is 0 Å². The molecule has 1 aliphatic rings. The molecule has 34 heavy (non-hydrogen) atoms. The molecule has 0 fully saturated rings. The van der Waals surface area contributed by atoms with Gasteiger partial charge in [-0.25, -0.2) is 9.37 Å². The molecule has 1 amide bonds. The van der Waals surface area contributed by atoms with Crippen LogP contribution < -0.4 is 15.5 Å². The van der Waals surface area contributed by atoms with Gasteiger partial charge in [0.1, 0.15) is 17.3 Å². The van der Waals surface area contributed by atoms with Crippen molar-refractivity contribution >= 4 is 23.4 Å². The van der Waals surface area contributed by atoms with Crippen LogP contribution >= 0.6 is 0 Å². The van der Waals surface area contributed by atoms with E-state index in [-0.39, 0.29) is 11.5 Å². The first-order chi connectivity index (χ1) is 16.3. The summed E-state index contributed by atoms with van der Waals surface area (Å²) in [6.45, 7) is 6.34. The minimum Gasteiger partial charge on any atom is -0.499 e. The van der Waals surface area contributed by atoms with Crippen LogP contribution in [0.4, 0.5) is 21.8 Å². The quantitative estimate of drug-likeness (QED) is 0.514. The van der Waals surface area contributed by atoms with Gasteiger partial charge in [-0.3, -0.25) is 9.48 Å². The highest BCUT2D eigenvalue weighted by molar-refractivity contribution is 6.04. The molecule has 1 aliphatic heterocycles. The number of nitrogens with zero attached hydrogens (tertiary/aromatic N) is 6. The van der Waals surface area contributed by atoms with Crippen LogP contribution in [0.5, 0.6) is 0 Å². The van der Waals surface area contributed by atoms with E-state index < -0.39 is 11.9 Å². The summed E-state index contributed by atoms with van der Waals surface area (Å²) in [5.74, 6) is 0.536. The summed E-state index contributed by atoms with van der Waals surface area (Å²) in [5.41, 5.74) is 2.98. The van der Waals surface area contributed by atoms with Crippen molar-refractivity contribution in [1.29, 1.82) is 5.26 Å². The SMILES string of the molecule is C=C(OC)[C@H]1C(=O)Nc2c(C)nc(NCc3cnn(Cc4ccc(F)cc4C#N)c3)nc2N1C. The summed E-state index contributed by atoms with van der Waals surface area (Å²) >= 11 is 0. The highest BCUT2D eigenvalue weighted by atomic mass is 19.1. The second-order valence-electron chi connectivity index (χ2n) is 7.82. The predicted molar refractivity (Wildman–Crippen MR) is 124 cm³/mol. The largest absolute Gasteiger partial charge is 0.499 e. The topological polar surface area (TPSA) is 121 Å². The molecule has 1 atom stereocenters. The first-order valence-corrected chi connectivity index (χ1v) is 10.4. The highest BCUT2D eigenvalue weighted by Gasteiger charge is 2.36. The number of amides is 1. The normalized spacial score (nSPS) is 14.7. The number of likely N-dealkylation sites (N-methyl/N-ethyl adjacent to an activating group) is 1. The van der Waals surface area contributed by atoms with Gasteiger partial charge in [0.05, 0.1) is 37.2 Å². The average molecular weight is 462 g/mol. The van der Waals surface area contributed by atoms with Crippen molar-refractivity contribution in [3.8, 4) is 6.07 Å². The van der Waals surface area contributed by atoms with Crippen LogP contribution in [-0.4, -0.2) is 45.9 Å². The Hall–Kier alpha value is -4.46. The number of aromatic nitrogens is 4. The Morgan fingerprint density at radius 1 is 1.41 bits per heavy atom. The zero-order valence-corrected chi connectivity index (χ0v) is 19.0. The number of anilines is 3. The maximum Gasteiger partial charge on any atom is 0.255 e. The second-order valence-corrected chi connectivity index (χ2v) is 7.82. The Balaban J connectivity index is 1.48. The number of halogens is 1. The number of benzene rings is 1. The van der Waals surface area contributed by atoms with Crippen LogP contribution in [0.15, 0.2) is 42.9 Å². The molecule has 0 saturated heterocycles. The molecular formula is C23H23FN8O2. The minimum absolute atomic E-state index is 0.262. The summed E-state index contributed by atoms with van der Waals surface area (Å²) in [5, 5.41) is 19.6. The monoisotopic (exact) mass is 462 g/mol. The van der Waals surface area contributed by atoms with E-state index in [2.05, 4.69) is 32.3 Å². The van der Waals surface area contributed by atoms with E-state index in [1.165, 1.54) is 19.2 Å². The molecule has 0 bridgehead atoms.